The van der Waals surface area contributed by atoms with Gasteiger partial charge < -0.3 is 15.4 Å². The molecule has 0 spiro atoms. The van der Waals surface area contributed by atoms with Crippen molar-refractivity contribution in [3.8, 4) is 0 Å². The van der Waals surface area contributed by atoms with Crippen molar-refractivity contribution in [2.45, 2.75) is 28.4 Å². The highest BCUT2D eigenvalue weighted by atomic mass is 32.2. The number of likely N-dealkylation sites (tertiary alicyclic amines) is 1. The molecular formula is C14H20N4O4S3. The fraction of sp³-hybridized carbons (Fsp3) is 0.643. The van der Waals surface area contributed by atoms with E-state index in [4.69, 9.17) is 10.5 Å². The Labute approximate surface area is 158 Å². The van der Waals surface area contributed by atoms with Gasteiger partial charge in [0.05, 0.1) is 24.0 Å². The number of aromatic nitrogens is 2. The summed E-state index contributed by atoms with van der Waals surface area (Å²) in [6.07, 6.45) is 1.55. The first-order valence-corrected chi connectivity index (χ1v) is 10.6. The van der Waals surface area contributed by atoms with Gasteiger partial charge in [0.25, 0.3) is 0 Å². The van der Waals surface area contributed by atoms with Crippen molar-refractivity contribution in [1.82, 2.24) is 15.1 Å². The fourth-order valence-corrected chi connectivity index (χ4v) is 4.98. The SMILES string of the molecule is CCOC(=O)C1CCCN(C(=O)CSc2nnc(SCC(N)=O)s2)C1. The molecule has 1 aromatic rings. The van der Waals surface area contributed by atoms with Crippen LogP contribution in [0.3, 0.4) is 0 Å². The van der Waals surface area contributed by atoms with Crippen molar-refractivity contribution >= 4 is 52.6 Å². The minimum absolute atomic E-state index is 0.0273. The Morgan fingerprint density at radius 2 is 1.96 bits per heavy atom. The molecule has 0 radical (unpaired) electrons. The van der Waals surface area contributed by atoms with E-state index in [1.165, 1.54) is 34.9 Å². The number of hydrogen-bond donors (Lipinski definition) is 1. The molecule has 1 unspecified atom stereocenters. The van der Waals surface area contributed by atoms with Gasteiger partial charge in [0.2, 0.25) is 11.8 Å². The van der Waals surface area contributed by atoms with Gasteiger partial charge >= 0.3 is 5.97 Å². The quantitative estimate of drug-likeness (QED) is 0.504. The molecule has 0 saturated carbocycles. The highest BCUT2D eigenvalue weighted by Crippen LogP contribution is 2.29. The minimum atomic E-state index is -0.411. The van der Waals surface area contributed by atoms with Gasteiger partial charge in [-0.1, -0.05) is 34.9 Å². The smallest absolute Gasteiger partial charge is 0.310 e. The monoisotopic (exact) mass is 404 g/mol. The molecule has 1 aliphatic rings. The third kappa shape index (κ3) is 6.48. The predicted molar refractivity (Wildman–Crippen MR) is 96.5 cm³/mol. The first-order valence-electron chi connectivity index (χ1n) is 7.81. The van der Waals surface area contributed by atoms with Gasteiger partial charge in [0.1, 0.15) is 0 Å². The van der Waals surface area contributed by atoms with Crippen LogP contribution >= 0.6 is 34.9 Å². The number of esters is 1. The number of nitrogens with zero attached hydrogens (tertiary/aromatic N) is 3. The maximum absolute atomic E-state index is 12.4. The Bertz CT molecular complexity index is 625. The van der Waals surface area contributed by atoms with Crippen molar-refractivity contribution in [1.29, 1.82) is 0 Å². The molecule has 2 rings (SSSR count). The van der Waals surface area contributed by atoms with Crippen LogP contribution in [0.15, 0.2) is 8.68 Å². The maximum Gasteiger partial charge on any atom is 0.310 e. The Balaban J connectivity index is 1.79. The lowest BCUT2D eigenvalue weighted by Crippen LogP contribution is -2.43. The summed E-state index contributed by atoms with van der Waals surface area (Å²) in [5.74, 6) is -0.508. The van der Waals surface area contributed by atoms with E-state index in [2.05, 4.69) is 10.2 Å². The van der Waals surface area contributed by atoms with Crippen molar-refractivity contribution in [2.75, 3.05) is 31.2 Å². The van der Waals surface area contributed by atoms with Crippen LogP contribution in [-0.2, 0) is 19.1 Å². The van der Waals surface area contributed by atoms with Gasteiger partial charge in [-0.15, -0.1) is 10.2 Å². The lowest BCUT2D eigenvalue weighted by atomic mass is 9.98. The van der Waals surface area contributed by atoms with Crippen molar-refractivity contribution in [3.05, 3.63) is 0 Å². The van der Waals surface area contributed by atoms with Gasteiger partial charge in [0.15, 0.2) is 8.68 Å². The number of hydrogen-bond acceptors (Lipinski definition) is 9. The van der Waals surface area contributed by atoms with Gasteiger partial charge in [-0.2, -0.15) is 0 Å². The Morgan fingerprint density at radius 3 is 2.60 bits per heavy atom. The normalized spacial score (nSPS) is 17.3. The van der Waals surface area contributed by atoms with E-state index in [1.54, 1.807) is 11.8 Å². The number of nitrogens with two attached hydrogens (primary N) is 1. The van der Waals surface area contributed by atoms with E-state index >= 15 is 0 Å². The zero-order valence-electron chi connectivity index (χ0n) is 13.8. The highest BCUT2D eigenvalue weighted by Gasteiger charge is 2.29. The van der Waals surface area contributed by atoms with Crippen molar-refractivity contribution in [3.63, 3.8) is 0 Å². The van der Waals surface area contributed by atoms with Crippen molar-refractivity contribution in [2.24, 2.45) is 11.7 Å². The average Bonchev–Trinajstić information content (AvgIpc) is 3.06. The van der Waals surface area contributed by atoms with Crippen molar-refractivity contribution < 1.29 is 19.1 Å². The second-order valence-electron chi connectivity index (χ2n) is 5.31. The topological polar surface area (TPSA) is 115 Å². The van der Waals surface area contributed by atoms with Crippen LogP contribution in [-0.4, -0.2) is 64.1 Å². The van der Waals surface area contributed by atoms with Crippen LogP contribution < -0.4 is 5.73 Å². The molecule has 11 heteroatoms. The summed E-state index contributed by atoms with van der Waals surface area (Å²) in [6.45, 7) is 3.20. The maximum atomic E-state index is 12.4. The molecule has 0 aromatic carbocycles. The summed E-state index contributed by atoms with van der Waals surface area (Å²) in [4.78, 5) is 36.7. The van der Waals surface area contributed by atoms with E-state index in [-0.39, 0.29) is 29.3 Å². The van der Waals surface area contributed by atoms with Crippen LogP contribution in [0.5, 0.6) is 0 Å². The van der Waals surface area contributed by atoms with Crippen LogP contribution in [0, 0.1) is 5.92 Å². The molecular weight excluding hydrogens is 384 g/mol. The molecule has 138 valence electrons. The molecule has 8 nitrogen and oxygen atoms in total. The summed E-state index contributed by atoms with van der Waals surface area (Å²) in [5.41, 5.74) is 5.09. The zero-order chi connectivity index (χ0) is 18.2. The number of ether oxygens (including phenoxy) is 1. The number of rotatable bonds is 8. The summed E-state index contributed by atoms with van der Waals surface area (Å²) < 4.78 is 6.36. The molecule has 1 aliphatic heterocycles. The van der Waals surface area contributed by atoms with Crippen LogP contribution in [0.4, 0.5) is 0 Å². The lowest BCUT2D eigenvalue weighted by molar-refractivity contribution is -0.151. The summed E-state index contributed by atoms with van der Waals surface area (Å²) >= 11 is 3.86. The zero-order valence-corrected chi connectivity index (χ0v) is 16.3. The summed E-state index contributed by atoms with van der Waals surface area (Å²) in [7, 11) is 0. The van der Waals surface area contributed by atoms with Crippen LogP contribution in [0.25, 0.3) is 0 Å². The van der Waals surface area contributed by atoms with E-state index in [1.807, 2.05) is 0 Å². The lowest BCUT2D eigenvalue weighted by Gasteiger charge is -2.31. The third-order valence-corrected chi connectivity index (χ3v) is 6.64. The molecule has 0 bridgehead atoms. The molecule has 25 heavy (non-hydrogen) atoms. The summed E-state index contributed by atoms with van der Waals surface area (Å²) in [6, 6.07) is 0. The number of primary amides is 1. The first-order chi connectivity index (χ1) is 12.0. The Kier molecular flexibility index (Phi) is 7.97. The van der Waals surface area contributed by atoms with Gasteiger partial charge in [-0.05, 0) is 19.8 Å². The Morgan fingerprint density at radius 1 is 1.28 bits per heavy atom. The standard InChI is InChI=1S/C14H20N4O4S3/c1-2-22-12(21)9-4-3-5-18(6-9)11(20)8-24-14-17-16-13(25-14)23-7-10(15)19/h9H,2-8H2,1H3,(H2,15,19). The minimum Gasteiger partial charge on any atom is -0.466 e. The number of thioether (sulfide) groups is 2. The van der Waals surface area contributed by atoms with E-state index < -0.39 is 5.91 Å². The molecule has 1 saturated heterocycles. The van der Waals surface area contributed by atoms with Crippen LogP contribution in [0.2, 0.25) is 0 Å². The molecule has 0 aliphatic carbocycles. The molecule has 1 fully saturated rings. The van der Waals surface area contributed by atoms with Gasteiger partial charge in [-0.3, -0.25) is 14.4 Å². The molecule has 1 atom stereocenters. The molecule has 1 aromatic heterocycles. The molecule has 2 heterocycles. The number of carbonyl (C=O) groups is 3. The van der Waals surface area contributed by atoms with Gasteiger partial charge in [0, 0.05) is 13.1 Å². The van der Waals surface area contributed by atoms with Crippen LogP contribution in [0.1, 0.15) is 19.8 Å². The molecule has 2 amide bonds. The predicted octanol–water partition coefficient (Wildman–Crippen LogP) is 1.01. The van der Waals surface area contributed by atoms with E-state index in [0.29, 0.717) is 28.4 Å². The number of amides is 2. The largest absolute Gasteiger partial charge is 0.466 e. The first kappa shape index (κ1) is 20.0. The second-order valence-corrected chi connectivity index (χ2v) is 8.73. The van der Waals surface area contributed by atoms with E-state index in [9.17, 15) is 14.4 Å². The van der Waals surface area contributed by atoms with E-state index in [0.717, 1.165) is 12.8 Å². The van der Waals surface area contributed by atoms with Gasteiger partial charge in [-0.25, -0.2) is 0 Å². The molecule has 2 N–H and O–H groups in total. The third-order valence-electron chi connectivity index (χ3n) is 3.44. The number of carbonyl (C=O) groups excluding carboxylic acids is 3. The summed E-state index contributed by atoms with van der Waals surface area (Å²) in [5, 5.41) is 7.94. The Hall–Kier alpha value is -1.33. The average molecular weight is 405 g/mol. The highest BCUT2D eigenvalue weighted by molar-refractivity contribution is 8.03. The fourth-order valence-electron chi connectivity index (χ4n) is 2.32. The second kappa shape index (κ2) is 9.97. The number of piperidine rings is 1.